The van der Waals surface area contributed by atoms with E-state index in [1.54, 1.807) is 0 Å². The van der Waals surface area contributed by atoms with Crippen LogP contribution in [-0.2, 0) is 4.79 Å². The van der Waals surface area contributed by atoms with Gasteiger partial charge in [0.25, 0.3) is 0 Å². The average Bonchev–Trinajstić information content (AvgIpc) is 3.09. The molecule has 0 bridgehead atoms. The molecule has 0 atom stereocenters. The van der Waals surface area contributed by atoms with Crippen molar-refractivity contribution in [2.45, 2.75) is 38.0 Å². The predicted molar refractivity (Wildman–Crippen MR) is 124 cm³/mol. The summed E-state index contributed by atoms with van der Waals surface area (Å²) in [5.41, 5.74) is 4.31. The Kier molecular flexibility index (Phi) is 7.34. The number of aryl methyl sites for hydroxylation is 2. The SMILES string of the molecule is Cc1ccc(SCCCNC(=S)Nc2ccc(N3CCCC3=O)c(C)c2)cc1. The van der Waals surface area contributed by atoms with Crippen molar-refractivity contribution in [2.24, 2.45) is 0 Å². The summed E-state index contributed by atoms with van der Waals surface area (Å²) in [4.78, 5) is 15.1. The van der Waals surface area contributed by atoms with Crippen LogP contribution in [0.15, 0.2) is 47.4 Å². The number of anilines is 2. The third-order valence-corrected chi connectivity index (χ3v) is 6.06. The fraction of sp³-hybridized carbons (Fsp3) is 0.364. The largest absolute Gasteiger partial charge is 0.362 e. The van der Waals surface area contributed by atoms with Gasteiger partial charge in [-0.15, -0.1) is 11.8 Å². The zero-order valence-corrected chi connectivity index (χ0v) is 18.1. The highest BCUT2D eigenvalue weighted by atomic mass is 32.2. The number of nitrogens with zero attached hydrogens (tertiary/aromatic N) is 1. The molecule has 2 aromatic rings. The molecule has 1 heterocycles. The van der Waals surface area contributed by atoms with E-state index in [2.05, 4.69) is 41.8 Å². The van der Waals surface area contributed by atoms with E-state index in [4.69, 9.17) is 12.2 Å². The molecule has 4 nitrogen and oxygen atoms in total. The van der Waals surface area contributed by atoms with Gasteiger partial charge in [0.05, 0.1) is 0 Å². The van der Waals surface area contributed by atoms with E-state index in [1.165, 1.54) is 10.5 Å². The van der Waals surface area contributed by atoms with E-state index >= 15 is 0 Å². The molecule has 1 amide bonds. The Bertz CT molecular complexity index is 836. The minimum absolute atomic E-state index is 0.213. The molecule has 1 fully saturated rings. The van der Waals surface area contributed by atoms with Gasteiger partial charge in [0.2, 0.25) is 5.91 Å². The Hall–Kier alpha value is -2.05. The molecule has 0 unspecified atom stereocenters. The van der Waals surface area contributed by atoms with Crippen LogP contribution >= 0.6 is 24.0 Å². The van der Waals surface area contributed by atoms with Gasteiger partial charge < -0.3 is 15.5 Å². The Morgan fingerprint density at radius 1 is 1.18 bits per heavy atom. The van der Waals surface area contributed by atoms with Gasteiger partial charge in [0.15, 0.2) is 5.11 Å². The third kappa shape index (κ3) is 5.72. The quantitative estimate of drug-likeness (QED) is 0.384. The molecule has 2 N–H and O–H groups in total. The fourth-order valence-corrected chi connectivity index (χ4v) is 4.29. The smallest absolute Gasteiger partial charge is 0.227 e. The number of thioether (sulfide) groups is 1. The summed E-state index contributed by atoms with van der Waals surface area (Å²) in [5.74, 6) is 1.26. The van der Waals surface area contributed by atoms with Gasteiger partial charge in [-0.05, 0) is 80.6 Å². The Labute approximate surface area is 177 Å². The van der Waals surface area contributed by atoms with Crippen molar-refractivity contribution in [1.82, 2.24) is 5.32 Å². The lowest BCUT2D eigenvalue weighted by Crippen LogP contribution is -2.29. The summed E-state index contributed by atoms with van der Waals surface area (Å²) in [5, 5.41) is 7.13. The lowest BCUT2D eigenvalue weighted by molar-refractivity contribution is -0.117. The zero-order chi connectivity index (χ0) is 19.9. The predicted octanol–water partition coefficient (Wildman–Crippen LogP) is 4.90. The summed E-state index contributed by atoms with van der Waals surface area (Å²) >= 11 is 7.27. The van der Waals surface area contributed by atoms with Crippen molar-refractivity contribution in [3.05, 3.63) is 53.6 Å². The maximum atomic E-state index is 11.9. The molecule has 148 valence electrons. The summed E-state index contributed by atoms with van der Waals surface area (Å²) in [6.45, 7) is 5.79. The summed E-state index contributed by atoms with van der Waals surface area (Å²) in [6, 6.07) is 14.7. The third-order valence-electron chi connectivity index (χ3n) is 4.72. The lowest BCUT2D eigenvalue weighted by Gasteiger charge is -2.19. The second-order valence-corrected chi connectivity index (χ2v) is 8.62. The van der Waals surface area contributed by atoms with Crippen LogP contribution in [0.25, 0.3) is 0 Å². The number of benzene rings is 2. The number of thiocarbonyl (C=S) groups is 1. The summed E-state index contributed by atoms with van der Waals surface area (Å²) in [6.07, 6.45) is 2.62. The molecule has 0 spiro atoms. The first-order valence-electron chi connectivity index (χ1n) is 9.68. The second-order valence-electron chi connectivity index (χ2n) is 7.05. The molecule has 1 saturated heterocycles. The number of carbonyl (C=O) groups excluding carboxylic acids is 1. The number of amides is 1. The number of nitrogens with one attached hydrogen (secondary N) is 2. The molecular formula is C22H27N3OS2. The maximum Gasteiger partial charge on any atom is 0.227 e. The first-order valence-corrected chi connectivity index (χ1v) is 11.1. The highest BCUT2D eigenvalue weighted by molar-refractivity contribution is 7.99. The molecule has 0 saturated carbocycles. The molecule has 2 aromatic carbocycles. The van der Waals surface area contributed by atoms with Crippen molar-refractivity contribution in [3.8, 4) is 0 Å². The van der Waals surface area contributed by atoms with Gasteiger partial charge in [-0.25, -0.2) is 0 Å². The van der Waals surface area contributed by atoms with E-state index in [0.29, 0.717) is 11.5 Å². The van der Waals surface area contributed by atoms with Crippen molar-refractivity contribution in [2.75, 3.05) is 29.1 Å². The monoisotopic (exact) mass is 413 g/mol. The van der Waals surface area contributed by atoms with Crippen LogP contribution in [-0.4, -0.2) is 29.9 Å². The van der Waals surface area contributed by atoms with Crippen LogP contribution in [0.1, 0.15) is 30.4 Å². The molecule has 6 heteroatoms. The van der Waals surface area contributed by atoms with Gasteiger partial charge in [-0.3, -0.25) is 4.79 Å². The van der Waals surface area contributed by atoms with E-state index in [0.717, 1.165) is 48.6 Å². The molecule has 0 aliphatic carbocycles. The normalized spacial score (nSPS) is 13.6. The fourth-order valence-electron chi connectivity index (χ4n) is 3.21. The van der Waals surface area contributed by atoms with E-state index in [-0.39, 0.29) is 5.91 Å². The van der Waals surface area contributed by atoms with Gasteiger partial charge in [0, 0.05) is 35.8 Å². The first-order chi connectivity index (χ1) is 13.5. The van der Waals surface area contributed by atoms with Gasteiger partial charge in [-0.2, -0.15) is 0 Å². The van der Waals surface area contributed by atoms with Crippen LogP contribution < -0.4 is 15.5 Å². The number of carbonyl (C=O) groups is 1. The molecule has 0 aromatic heterocycles. The Balaban J connectivity index is 1.40. The van der Waals surface area contributed by atoms with Gasteiger partial charge in [-0.1, -0.05) is 17.7 Å². The van der Waals surface area contributed by atoms with E-state index in [9.17, 15) is 4.79 Å². The van der Waals surface area contributed by atoms with Crippen molar-refractivity contribution < 1.29 is 4.79 Å². The number of hydrogen-bond donors (Lipinski definition) is 2. The first kappa shape index (κ1) is 20.7. The Morgan fingerprint density at radius 3 is 2.64 bits per heavy atom. The molecule has 1 aliphatic rings. The number of rotatable bonds is 7. The highest BCUT2D eigenvalue weighted by Gasteiger charge is 2.22. The Morgan fingerprint density at radius 2 is 1.96 bits per heavy atom. The van der Waals surface area contributed by atoms with Crippen LogP contribution in [0.3, 0.4) is 0 Å². The maximum absolute atomic E-state index is 11.9. The van der Waals surface area contributed by atoms with Crippen molar-refractivity contribution >= 4 is 46.4 Å². The summed E-state index contributed by atoms with van der Waals surface area (Å²) in [7, 11) is 0. The molecular weight excluding hydrogens is 386 g/mol. The van der Waals surface area contributed by atoms with Crippen LogP contribution in [0.2, 0.25) is 0 Å². The summed E-state index contributed by atoms with van der Waals surface area (Å²) < 4.78 is 0. The number of hydrogen-bond acceptors (Lipinski definition) is 3. The molecule has 28 heavy (non-hydrogen) atoms. The minimum atomic E-state index is 0.213. The average molecular weight is 414 g/mol. The van der Waals surface area contributed by atoms with Gasteiger partial charge >= 0.3 is 0 Å². The zero-order valence-electron chi connectivity index (χ0n) is 16.5. The minimum Gasteiger partial charge on any atom is -0.362 e. The van der Waals surface area contributed by atoms with E-state index < -0.39 is 0 Å². The van der Waals surface area contributed by atoms with Crippen LogP contribution in [0, 0.1) is 13.8 Å². The van der Waals surface area contributed by atoms with Crippen molar-refractivity contribution in [1.29, 1.82) is 0 Å². The van der Waals surface area contributed by atoms with Crippen LogP contribution in [0.5, 0.6) is 0 Å². The molecule has 3 rings (SSSR count). The van der Waals surface area contributed by atoms with Crippen molar-refractivity contribution in [3.63, 3.8) is 0 Å². The van der Waals surface area contributed by atoms with Crippen LogP contribution in [0.4, 0.5) is 11.4 Å². The molecule has 1 aliphatic heterocycles. The van der Waals surface area contributed by atoms with E-state index in [1.807, 2.05) is 41.8 Å². The highest BCUT2D eigenvalue weighted by Crippen LogP contribution is 2.27. The topological polar surface area (TPSA) is 44.4 Å². The standard InChI is InChI=1S/C22H27N3OS2/c1-16-6-9-19(10-7-16)28-14-4-12-23-22(27)24-18-8-11-20(17(2)15-18)25-13-3-5-21(25)26/h6-11,15H,3-5,12-14H2,1-2H3,(H2,23,24,27). The molecule has 0 radical (unpaired) electrons. The second kappa shape index (κ2) is 9.94. The lowest BCUT2D eigenvalue weighted by atomic mass is 10.1. The van der Waals surface area contributed by atoms with Gasteiger partial charge in [0.1, 0.15) is 0 Å².